The highest BCUT2D eigenvalue weighted by Crippen LogP contribution is 2.46. The van der Waals surface area contributed by atoms with Crippen molar-refractivity contribution in [2.24, 2.45) is 5.41 Å². The van der Waals surface area contributed by atoms with Crippen molar-refractivity contribution >= 4 is 52.7 Å². The van der Waals surface area contributed by atoms with Gasteiger partial charge in [-0.2, -0.15) is 0 Å². The van der Waals surface area contributed by atoms with Gasteiger partial charge in [0.1, 0.15) is 0 Å². The highest BCUT2D eigenvalue weighted by atomic mass is 35.5. The number of rotatable bonds is 4. The summed E-state index contributed by atoms with van der Waals surface area (Å²) >= 11 is 12.1. The van der Waals surface area contributed by atoms with Crippen LogP contribution in [-0.4, -0.2) is 40.3 Å². The molecule has 1 fully saturated rings. The van der Waals surface area contributed by atoms with E-state index in [9.17, 15) is 19.2 Å². The van der Waals surface area contributed by atoms with Gasteiger partial charge in [0.2, 0.25) is 5.54 Å². The molecule has 2 aliphatic rings. The molecule has 4 amide bonds. The van der Waals surface area contributed by atoms with E-state index in [0.717, 1.165) is 4.90 Å². The number of benzene rings is 2. The fraction of sp³-hybridized carbons (Fsp3) is 0.304. The molecule has 2 aliphatic heterocycles. The van der Waals surface area contributed by atoms with Crippen molar-refractivity contribution < 1.29 is 23.9 Å². The van der Waals surface area contributed by atoms with E-state index >= 15 is 0 Å². The maximum absolute atomic E-state index is 13.7. The lowest BCUT2D eigenvalue weighted by molar-refractivity contribution is -0.158. The molecule has 1 unspecified atom stereocenters. The van der Waals surface area contributed by atoms with Crippen molar-refractivity contribution in [3.63, 3.8) is 0 Å². The lowest BCUT2D eigenvalue weighted by atomic mass is 9.89. The highest BCUT2D eigenvalue weighted by molar-refractivity contribution is 6.42. The van der Waals surface area contributed by atoms with Gasteiger partial charge in [-0.25, -0.2) is 9.69 Å². The van der Waals surface area contributed by atoms with Gasteiger partial charge < -0.3 is 10.1 Å². The summed E-state index contributed by atoms with van der Waals surface area (Å²) in [4.78, 5) is 54.6. The molecule has 8 nitrogen and oxygen atoms in total. The van der Waals surface area contributed by atoms with Gasteiger partial charge in [-0.3, -0.25) is 19.3 Å². The van der Waals surface area contributed by atoms with Crippen LogP contribution < -0.4 is 5.32 Å². The molecular weight excluding hydrogens is 469 g/mol. The molecule has 1 saturated heterocycles. The lowest BCUT2D eigenvalue weighted by Gasteiger charge is -2.29. The van der Waals surface area contributed by atoms with E-state index < -0.39 is 41.5 Å². The number of hydrogen-bond donors (Lipinski definition) is 1. The van der Waals surface area contributed by atoms with Crippen LogP contribution in [0.25, 0.3) is 0 Å². The SMILES string of the molecule is CC(C)(C)C(=O)OCN1C(=O)N(Cc2ccc(Cl)c(Cl)c2)C2(C(=O)Nc3ccccc32)C1=O. The molecule has 0 bridgehead atoms. The second kappa shape index (κ2) is 8.04. The van der Waals surface area contributed by atoms with E-state index in [1.165, 1.54) is 4.90 Å². The highest BCUT2D eigenvalue weighted by Gasteiger charge is 2.66. The van der Waals surface area contributed by atoms with Gasteiger partial charge >= 0.3 is 12.0 Å². The summed E-state index contributed by atoms with van der Waals surface area (Å²) in [5, 5.41) is 3.30. The normalized spacial score (nSPS) is 19.8. The van der Waals surface area contributed by atoms with Crippen LogP contribution in [0.15, 0.2) is 42.5 Å². The largest absolute Gasteiger partial charge is 0.443 e. The summed E-state index contributed by atoms with van der Waals surface area (Å²) in [6.07, 6.45) is 0. The number of amides is 4. The van der Waals surface area contributed by atoms with Gasteiger partial charge in [0.25, 0.3) is 11.8 Å². The number of ether oxygens (including phenoxy) is 1. The topological polar surface area (TPSA) is 96.0 Å². The first-order chi connectivity index (χ1) is 15.5. The van der Waals surface area contributed by atoms with Gasteiger partial charge in [-0.05, 0) is 44.5 Å². The van der Waals surface area contributed by atoms with Crippen LogP contribution >= 0.6 is 23.2 Å². The van der Waals surface area contributed by atoms with E-state index in [2.05, 4.69) is 5.32 Å². The van der Waals surface area contributed by atoms with Crippen LogP contribution in [0.4, 0.5) is 10.5 Å². The Morgan fingerprint density at radius 3 is 2.42 bits per heavy atom. The Bertz CT molecular complexity index is 1190. The fourth-order valence-electron chi connectivity index (χ4n) is 3.87. The average molecular weight is 490 g/mol. The average Bonchev–Trinajstić information content (AvgIpc) is 3.15. The molecule has 1 N–H and O–H groups in total. The van der Waals surface area contributed by atoms with Gasteiger partial charge in [0.15, 0.2) is 6.73 Å². The van der Waals surface area contributed by atoms with Crippen LogP contribution in [-0.2, 0) is 31.2 Å². The number of halogens is 2. The maximum atomic E-state index is 13.7. The van der Waals surface area contributed by atoms with Crippen LogP contribution in [0.3, 0.4) is 0 Å². The first-order valence-corrected chi connectivity index (χ1v) is 10.9. The zero-order chi connectivity index (χ0) is 24.1. The summed E-state index contributed by atoms with van der Waals surface area (Å²) in [7, 11) is 0. The third-order valence-electron chi connectivity index (χ3n) is 5.58. The molecule has 1 spiro atoms. The minimum Gasteiger partial charge on any atom is -0.443 e. The van der Waals surface area contributed by atoms with Crippen molar-refractivity contribution in [1.82, 2.24) is 9.80 Å². The predicted molar refractivity (Wildman–Crippen MR) is 121 cm³/mol. The molecule has 10 heteroatoms. The Morgan fingerprint density at radius 1 is 1.06 bits per heavy atom. The van der Waals surface area contributed by atoms with Crippen LogP contribution in [0.2, 0.25) is 10.0 Å². The standard InChI is InChI=1S/C23H21Cl2N3O5/c1-22(2,3)20(31)33-12-27-19(30)23(14-6-4-5-7-17(14)26-18(23)29)28(21(27)32)11-13-8-9-15(24)16(25)10-13/h4-10H,11-12H2,1-3H3,(H,26,29). The van der Waals surface area contributed by atoms with E-state index in [4.69, 9.17) is 27.9 Å². The molecule has 2 aromatic carbocycles. The number of carbonyl (C=O) groups excluding carboxylic acids is 4. The number of hydrogen-bond acceptors (Lipinski definition) is 5. The molecule has 0 aliphatic carbocycles. The van der Waals surface area contributed by atoms with Crippen LogP contribution in [0.5, 0.6) is 0 Å². The van der Waals surface area contributed by atoms with Crippen molar-refractivity contribution in [3.8, 4) is 0 Å². The molecule has 0 saturated carbocycles. The van der Waals surface area contributed by atoms with E-state index in [-0.39, 0.29) is 11.6 Å². The molecule has 2 aromatic rings. The Balaban J connectivity index is 1.77. The summed E-state index contributed by atoms with van der Waals surface area (Å²) in [6.45, 7) is 4.25. The van der Waals surface area contributed by atoms with Crippen molar-refractivity contribution in [1.29, 1.82) is 0 Å². The third kappa shape index (κ3) is 3.63. The number of esters is 1. The number of para-hydroxylation sites is 1. The van der Waals surface area contributed by atoms with Crippen molar-refractivity contribution in [2.75, 3.05) is 12.0 Å². The summed E-state index contributed by atoms with van der Waals surface area (Å²) in [5.41, 5.74) is -1.43. The van der Waals surface area contributed by atoms with Gasteiger partial charge in [-0.1, -0.05) is 47.5 Å². The number of imide groups is 1. The molecule has 0 radical (unpaired) electrons. The summed E-state index contributed by atoms with van der Waals surface area (Å²) < 4.78 is 5.24. The second-order valence-electron chi connectivity index (χ2n) is 8.87. The monoisotopic (exact) mass is 489 g/mol. The van der Waals surface area contributed by atoms with Crippen molar-refractivity contribution in [2.45, 2.75) is 32.9 Å². The van der Waals surface area contributed by atoms with E-state index in [0.29, 0.717) is 21.8 Å². The summed E-state index contributed by atoms with van der Waals surface area (Å²) in [5.74, 6) is -2.04. The number of nitrogens with one attached hydrogen (secondary N) is 1. The van der Waals surface area contributed by atoms with E-state index in [1.54, 1.807) is 63.2 Å². The molecule has 33 heavy (non-hydrogen) atoms. The Labute approximate surface area is 200 Å². The van der Waals surface area contributed by atoms with Gasteiger partial charge in [0.05, 0.1) is 15.5 Å². The molecule has 0 aromatic heterocycles. The van der Waals surface area contributed by atoms with Crippen LogP contribution in [0, 0.1) is 5.41 Å². The Hall–Kier alpha value is -3.10. The summed E-state index contributed by atoms with van der Waals surface area (Å²) in [6, 6.07) is 10.7. The maximum Gasteiger partial charge on any atom is 0.331 e. The predicted octanol–water partition coefficient (Wildman–Crippen LogP) is 4.15. The Morgan fingerprint density at radius 2 is 1.76 bits per heavy atom. The Kier molecular flexibility index (Phi) is 5.62. The second-order valence-corrected chi connectivity index (χ2v) is 9.69. The van der Waals surface area contributed by atoms with Crippen LogP contribution in [0.1, 0.15) is 31.9 Å². The molecule has 172 valence electrons. The molecule has 4 rings (SSSR count). The minimum atomic E-state index is -1.94. The third-order valence-corrected chi connectivity index (χ3v) is 6.32. The first-order valence-electron chi connectivity index (χ1n) is 10.1. The first kappa shape index (κ1) is 23.1. The number of fused-ring (bicyclic) bond motifs is 2. The number of nitrogens with zero attached hydrogens (tertiary/aromatic N) is 2. The number of urea groups is 1. The molecule has 2 heterocycles. The van der Waals surface area contributed by atoms with Crippen molar-refractivity contribution in [3.05, 3.63) is 63.6 Å². The minimum absolute atomic E-state index is 0.104. The smallest absolute Gasteiger partial charge is 0.331 e. The quantitative estimate of drug-likeness (QED) is 0.395. The fourth-order valence-corrected chi connectivity index (χ4v) is 4.19. The zero-order valence-electron chi connectivity index (χ0n) is 18.1. The number of carbonyl (C=O) groups is 4. The van der Waals surface area contributed by atoms with Gasteiger partial charge in [0, 0.05) is 17.8 Å². The molecular formula is C23H21Cl2N3O5. The molecule has 1 atom stereocenters. The number of anilines is 1. The van der Waals surface area contributed by atoms with E-state index in [1.807, 2.05) is 0 Å². The lowest BCUT2D eigenvalue weighted by Crippen LogP contribution is -2.51. The zero-order valence-corrected chi connectivity index (χ0v) is 19.7. The van der Waals surface area contributed by atoms with Gasteiger partial charge in [-0.15, -0.1) is 0 Å².